The highest BCUT2D eigenvalue weighted by Crippen LogP contribution is 2.40. The lowest BCUT2D eigenvalue weighted by Gasteiger charge is -2.14. The lowest BCUT2D eigenvalue weighted by Crippen LogP contribution is -2.24. The van der Waals surface area contributed by atoms with E-state index < -0.39 is 15.9 Å². The molecule has 1 aromatic carbocycles. The number of amidine groups is 1. The van der Waals surface area contributed by atoms with Gasteiger partial charge in [-0.25, -0.2) is 13.4 Å². The third-order valence-corrected chi connectivity index (χ3v) is 8.18. The van der Waals surface area contributed by atoms with Gasteiger partial charge in [-0.15, -0.1) is 0 Å². The lowest BCUT2D eigenvalue weighted by atomic mass is 10.0. The lowest BCUT2D eigenvalue weighted by molar-refractivity contribution is -0.118. The van der Waals surface area contributed by atoms with Crippen LogP contribution in [0.25, 0.3) is 0 Å². The molecule has 1 atom stereocenters. The van der Waals surface area contributed by atoms with Crippen molar-refractivity contribution < 1.29 is 22.5 Å². The highest BCUT2D eigenvalue weighted by molar-refractivity contribution is 8.18. The number of hydrogen-bond acceptors (Lipinski definition) is 9. The van der Waals surface area contributed by atoms with Crippen LogP contribution in [0.5, 0.6) is 0 Å². The van der Waals surface area contributed by atoms with Crippen LogP contribution in [0.1, 0.15) is 19.6 Å². The van der Waals surface area contributed by atoms with Crippen molar-refractivity contribution in [3.05, 3.63) is 46.6 Å². The van der Waals surface area contributed by atoms with Gasteiger partial charge in [0.1, 0.15) is 11.7 Å². The molecule has 10 nitrogen and oxygen atoms in total. The Morgan fingerprint density at radius 3 is 2.58 bits per heavy atom. The third-order valence-electron chi connectivity index (χ3n) is 4.80. The fourth-order valence-electron chi connectivity index (χ4n) is 3.06. The number of sulfonamides is 1. The summed E-state index contributed by atoms with van der Waals surface area (Å²) in [5.74, 6) is -0.452. The van der Waals surface area contributed by atoms with Gasteiger partial charge in [-0.1, -0.05) is 28.7 Å². The summed E-state index contributed by atoms with van der Waals surface area (Å²) >= 11 is 2.52. The molecule has 2 N–H and O–H groups in total. The molecular formula is C20H19N5O5S3. The number of carbonyl (C=O) groups is 2. The highest BCUT2D eigenvalue weighted by atomic mass is 32.2. The van der Waals surface area contributed by atoms with Crippen LogP contribution in [0.2, 0.25) is 0 Å². The normalized spacial score (nSPS) is 18.0. The molecule has 0 saturated carbocycles. The van der Waals surface area contributed by atoms with Gasteiger partial charge in [-0.3, -0.25) is 14.3 Å². The number of aliphatic imine (C=N–C) groups is 2. The number of thioether (sulfide) groups is 2. The fourth-order valence-corrected chi connectivity index (χ4v) is 5.87. The topological polar surface area (TPSA) is 143 Å². The largest absolute Gasteiger partial charge is 0.360 e. The maximum Gasteiger partial charge on any atom is 0.263 e. The highest BCUT2D eigenvalue weighted by Gasteiger charge is 2.36. The van der Waals surface area contributed by atoms with Gasteiger partial charge >= 0.3 is 0 Å². The van der Waals surface area contributed by atoms with Gasteiger partial charge in [0.05, 0.1) is 15.7 Å². The van der Waals surface area contributed by atoms with Gasteiger partial charge in [-0.05, 0) is 55.5 Å². The van der Waals surface area contributed by atoms with Crippen molar-refractivity contribution in [2.45, 2.75) is 25.7 Å². The van der Waals surface area contributed by atoms with Crippen LogP contribution in [-0.2, 0) is 19.6 Å². The van der Waals surface area contributed by atoms with E-state index in [0.29, 0.717) is 16.5 Å². The third kappa shape index (κ3) is 5.20. The Kier molecular flexibility index (Phi) is 6.45. The molecule has 2 aromatic rings. The first-order valence-corrected chi connectivity index (χ1v) is 13.0. The number of nitrogens with one attached hydrogen (secondary N) is 2. The number of aryl methyl sites for hydroxylation is 1. The molecule has 0 saturated heterocycles. The van der Waals surface area contributed by atoms with Crippen LogP contribution < -0.4 is 10.0 Å². The predicted octanol–water partition coefficient (Wildman–Crippen LogP) is 3.41. The van der Waals surface area contributed by atoms with Crippen LogP contribution >= 0.6 is 23.5 Å². The molecule has 4 rings (SSSR count). The first-order valence-electron chi connectivity index (χ1n) is 9.67. The Labute approximate surface area is 198 Å². The smallest absolute Gasteiger partial charge is 0.263 e. The van der Waals surface area contributed by atoms with Crippen molar-refractivity contribution in [3.8, 4) is 0 Å². The van der Waals surface area contributed by atoms with E-state index in [1.165, 1.54) is 42.1 Å². The van der Waals surface area contributed by atoms with Crippen molar-refractivity contribution in [1.29, 1.82) is 0 Å². The summed E-state index contributed by atoms with van der Waals surface area (Å²) in [6.07, 6.45) is 0. The summed E-state index contributed by atoms with van der Waals surface area (Å²) in [7, 11) is -3.85. The maximum atomic E-state index is 12.4. The monoisotopic (exact) mass is 505 g/mol. The number of hydrogen-bond donors (Lipinski definition) is 2. The van der Waals surface area contributed by atoms with Crippen LogP contribution in [0.3, 0.4) is 0 Å². The number of aromatic nitrogens is 1. The molecule has 0 bridgehead atoms. The van der Waals surface area contributed by atoms with E-state index in [-0.39, 0.29) is 33.4 Å². The number of fused-ring (bicyclic) bond motifs is 1. The van der Waals surface area contributed by atoms with Crippen molar-refractivity contribution in [2.24, 2.45) is 15.9 Å². The standard InChI is InChI=1S/C20H19N5O5S3/c1-10-8-15(24-30-10)25-33(28,29)14-6-4-13(5-7-14)21-16(26)9-31-20-22-18(27)17-11(2)12(3)32-19(17)23-20/h4-8,17H,9H2,1-3H3,(H,21,26)(H,24,25). The first-order chi connectivity index (χ1) is 15.6. The second-order valence-corrected chi connectivity index (χ2v) is 11.1. The minimum absolute atomic E-state index is 0.00324. The van der Waals surface area contributed by atoms with Gasteiger partial charge < -0.3 is 9.84 Å². The van der Waals surface area contributed by atoms with Crippen LogP contribution in [0, 0.1) is 12.8 Å². The Morgan fingerprint density at radius 1 is 1.18 bits per heavy atom. The Bertz CT molecular complexity index is 1330. The molecule has 1 aromatic heterocycles. The van der Waals surface area contributed by atoms with Crippen molar-refractivity contribution >= 4 is 67.1 Å². The molecule has 1 unspecified atom stereocenters. The quantitative estimate of drug-likeness (QED) is 0.608. The first kappa shape index (κ1) is 23.3. The average molecular weight is 506 g/mol. The SMILES string of the molecule is CC1=C(C)C2C(=O)N=C(SCC(=O)Nc3ccc(S(=O)(=O)Nc4cc(C)on4)cc3)N=C2S1. The second kappa shape index (κ2) is 9.15. The summed E-state index contributed by atoms with van der Waals surface area (Å²) in [4.78, 5) is 34.1. The molecule has 172 valence electrons. The zero-order valence-electron chi connectivity index (χ0n) is 17.8. The van der Waals surface area contributed by atoms with Gasteiger partial charge in [0.2, 0.25) is 5.91 Å². The molecule has 2 amide bonds. The molecule has 13 heteroatoms. The molecule has 0 aliphatic carbocycles. The molecule has 0 spiro atoms. The number of rotatable bonds is 6. The molecule has 33 heavy (non-hydrogen) atoms. The van der Waals surface area contributed by atoms with E-state index >= 15 is 0 Å². The molecular weight excluding hydrogens is 486 g/mol. The summed E-state index contributed by atoms with van der Waals surface area (Å²) in [6, 6.07) is 7.14. The number of nitrogens with zero attached hydrogens (tertiary/aromatic N) is 3. The van der Waals surface area contributed by atoms with Crippen molar-refractivity contribution in [1.82, 2.24) is 5.16 Å². The minimum Gasteiger partial charge on any atom is -0.360 e. The zero-order valence-corrected chi connectivity index (χ0v) is 20.2. The fraction of sp³-hybridized carbons (Fsp3) is 0.250. The average Bonchev–Trinajstić information content (AvgIpc) is 3.28. The maximum absolute atomic E-state index is 12.4. The summed E-state index contributed by atoms with van der Waals surface area (Å²) < 4.78 is 32.0. The van der Waals surface area contributed by atoms with Crippen molar-refractivity contribution in [3.63, 3.8) is 0 Å². The van der Waals surface area contributed by atoms with Gasteiger partial charge in [-0.2, -0.15) is 4.99 Å². The van der Waals surface area contributed by atoms with Gasteiger partial charge in [0, 0.05) is 11.8 Å². The van der Waals surface area contributed by atoms with E-state index in [1.54, 1.807) is 6.92 Å². The summed E-state index contributed by atoms with van der Waals surface area (Å²) in [5.41, 5.74) is 1.39. The second-order valence-electron chi connectivity index (χ2n) is 7.25. The summed E-state index contributed by atoms with van der Waals surface area (Å²) in [5, 5.41) is 7.23. The van der Waals surface area contributed by atoms with E-state index in [9.17, 15) is 18.0 Å². The Balaban J connectivity index is 1.33. The number of amides is 2. The molecule has 3 heterocycles. The predicted molar refractivity (Wildman–Crippen MR) is 129 cm³/mol. The summed E-state index contributed by atoms with van der Waals surface area (Å²) in [6.45, 7) is 5.49. The molecule has 2 aliphatic heterocycles. The van der Waals surface area contributed by atoms with E-state index in [1.807, 2.05) is 13.8 Å². The number of allylic oxidation sites excluding steroid dienone is 1. The van der Waals surface area contributed by atoms with Gasteiger partial charge in [0.15, 0.2) is 11.0 Å². The zero-order chi connectivity index (χ0) is 23.8. The molecule has 0 radical (unpaired) electrons. The van der Waals surface area contributed by atoms with Crippen LogP contribution in [-0.4, -0.2) is 41.4 Å². The molecule has 0 fully saturated rings. The minimum atomic E-state index is -3.85. The number of anilines is 2. The number of benzene rings is 1. The van der Waals surface area contributed by atoms with Gasteiger partial charge in [0.25, 0.3) is 15.9 Å². The van der Waals surface area contributed by atoms with E-state index in [0.717, 1.165) is 22.2 Å². The van der Waals surface area contributed by atoms with Crippen LogP contribution in [0.4, 0.5) is 11.5 Å². The Hall–Kier alpha value is -2.90. The van der Waals surface area contributed by atoms with E-state index in [4.69, 9.17) is 4.52 Å². The Morgan fingerprint density at radius 2 is 1.91 bits per heavy atom. The molecule has 2 aliphatic rings. The van der Waals surface area contributed by atoms with Crippen molar-refractivity contribution in [2.75, 3.05) is 15.8 Å². The van der Waals surface area contributed by atoms with Crippen LogP contribution in [0.15, 0.2) is 60.2 Å². The van der Waals surface area contributed by atoms with E-state index in [2.05, 4.69) is 25.2 Å². The number of carbonyl (C=O) groups excluding carboxylic acids is 2.